The molecule has 27 heavy (non-hydrogen) atoms. The standard InChI is InChI=1S/C20H23ClFN3O2/c1-27-19-8-3-2-7-18(19)23-13-20(26)25-11-9-24(10-12-25)14-15-16(21)5-4-6-17(15)22/h2-8,23H,9-14H2,1H3. The predicted molar refractivity (Wildman–Crippen MR) is 105 cm³/mol. The zero-order valence-electron chi connectivity index (χ0n) is 15.3. The zero-order chi connectivity index (χ0) is 19.2. The molecule has 1 aliphatic rings. The highest BCUT2D eigenvalue weighted by molar-refractivity contribution is 6.31. The van der Waals surface area contributed by atoms with Gasteiger partial charge in [-0.25, -0.2) is 4.39 Å². The molecule has 7 heteroatoms. The van der Waals surface area contributed by atoms with E-state index in [1.54, 1.807) is 19.2 Å². The summed E-state index contributed by atoms with van der Waals surface area (Å²) < 4.78 is 19.2. The molecule has 1 N–H and O–H groups in total. The van der Waals surface area contributed by atoms with Crippen molar-refractivity contribution in [1.29, 1.82) is 0 Å². The van der Waals surface area contributed by atoms with Crippen LogP contribution in [0.4, 0.5) is 10.1 Å². The summed E-state index contributed by atoms with van der Waals surface area (Å²) in [4.78, 5) is 16.4. The molecule has 0 saturated carbocycles. The van der Waals surface area contributed by atoms with E-state index in [4.69, 9.17) is 16.3 Å². The maximum absolute atomic E-state index is 13.9. The number of benzene rings is 2. The topological polar surface area (TPSA) is 44.8 Å². The third-order valence-electron chi connectivity index (χ3n) is 4.71. The molecule has 0 atom stereocenters. The molecule has 0 aliphatic carbocycles. The van der Waals surface area contributed by atoms with Crippen molar-refractivity contribution in [2.75, 3.05) is 45.2 Å². The molecule has 1 saturated heterocycles. The second kappa shape index (κ2) is 9.06. The summed E-state index contributed by atoms with van der Waals surface area (Å²) in [6.07, 6.45) is 0. The number of ether oxygens (including phenoxy) is 1. The molecular formula is C20H23ClFN3O2. The number of methoxy groups -OCH3 is 1. The number of hydrogen-bond donors (Lipinski definition) is 1. The van der Waals surface area contributed by atoms with Gasteiger partial charge in [0.1, 0.15) is 11.6 Å². The molecule has 0 bridgehead atoms. The molecule has 0 aromatic heterocycles. The van der Waals surface area contributed by atoms with Gasteiger partial charge < -0.3 is 15.0 Å². The van der Waals surface area contributed by atoms with Crippen molar-refractivity contribution in [2.45, 2.75) is 6.54 Å². The van der Waals surface area contributed by atoms with Gasteiger partial charge in [0, 0.05) is 43.3 Å². The number of anilines is 1. The van der Waals surface area contributed by atoms with Gasteiger partial charge in [0.05, 0.1) is 19.3 Å². The van der Waals surface area contributed by atoms with Gasteiger partial charge in [0.15, 0.2) is 0 Å². The van der Waals surface area contributed by atoms with Crippen LogP contribution in [0.5, 0.6) is 5.75 Å². The van der Waals surface area contributed by atoms with E-state index < -0.39 is 0 Å². The Morgan fingerprint density at radius 1 is 1.15 bits per heavy atom. The fraction of sp³-hybridized carbons (Fsp3) is 0.350. The largest absolute Gasteiger partial charge is 0.495 e. The van der Waals surface area contributed by atoms with Crippen molar-refractivity contribution in [2.24, 2.45) is 0 Å². The van der Waals surface area contributed by atoms with Crippen LogP contribution < -0.4 is 10.1 Å². The first-order valence-electron chi connectivity index (χ1n) is 8.88. The average molecular weight is 392 g/mol. The number of piperazine rings is 1. The molecule has 5 nitrogen and oxygen atoms in total. The van der Waals surface area contributed by atoms with Crippen LogP contribution in [0.15, 0.2) is 42.5 Å². The highest BCUT2D eigenvalue weighted by atomic mass is 35.5. The Balaban J connectivity index is 1.49. The van der Waals surface area contributed by atoms with Gasteiger partial charge in [-0.15, -0.1) is 0 Å². The summed E-state index contributed by atoms with van der Waals surface area (Å²) in [6.45, 7) is 3.25. The van der Waals surface area contributed by atoms with E-state index in [1.165, 1.54) is 6.07 Å². The maximum atomic E-state index is 13.9. The van der Waals surface area contributed by atoms with Crippen LogP contribution >= 0.6 is 11.6 Å². The second-order valence-electron chi connectivity index (χ2n) is 6.41. The van der Waals surface area contributed by atoms with Crippen LogP contribution in [0.3, 0.4) is 0 Å². The third-order valence-corrected chi connectivity index (χ3v) is 5.06. The lowest BCUT2D eigenvalue weighted by Crippen LogP contribution is -2.49. The summed E-state index contributed by atoms with van der Waals surface area (Å²) in [7, 11) is 1.60. The number of carbonyl (C=O) groups is 1. The highest BCUT2D eigenvalue weighted by Crippen LogP contribution is 2.23. The van der Waals surface area contributed by atoms with E-state index in [-0.39, 0.29) is 18.3 Å². The van der Waals surface area contributed by atoms with E-state index in [0.29, 0.717) is 49.1 Å². The van der Waals surface area contributed by atoms with Crippen molar-refractivity contribution < 1.29 is 13.9 Å². The predicted octanol–water partition coefficient (Wildman–Crippen LogP) is 3.24. The van der Waals surface area contributed by atoms with E-state index in [2.05, 4.69) is 10.2 Å². The molecule has 1 heterocycles. The van der Waals surface area contributed by atoms with Crippen LogP contribution in [0.25, 0.3) is 0 Å². The van der Waals surface area contributed by atoms with E-state index in [0.717, 1.165) is 5.69 Å². The minimum absolute atomic E-state index is 0.0319. The van der Waals surface area contributed by atoms with Crippen molar-refractivity contribution in [3.63, 3.8) is 0 Å². The summed E-state index contributed by atoms with van der Waals surface area (Å²) in [6, 6.07) is 12.2. The number of carbonyl (C=O) groups excluding carboxylic acids is 1. The number of rotatable bonds is 6. The molecule has 2 aromatic rings. The quantitative estimate of drug-likeness (QED) is 0.821. The van der Waals surface area contributed by atoms with Gasteiger partial charge in [0.25, 0.3) is 0 Å². The van der Waals surface area contributed by atoms with Crippen molar-refractivity contribution in [3.05, 3.63) is 58.9 Å². The fourth-order valence-electron chi connectivity index (χ4n) is 3.14. The lowest BCUT2D eigenvalue weighted by atomic mass is 10.2. The molecule has 0 radical (unpaired) electrons. The Morgan fingerprint density at radius 3 is 2.59 bits per heavy atom. The molecule has 1 amide bonds. The number of nitrogens with zero attached hydrogens (tertiary/aromatic N) is 2. The first kappa shape index (κ1) is 19.5. The number of para-hydroxylation sites is 2. The van der Waals surface area contributed by atoms with Gasteiger partial charge in [-0.3, -0.25) is 9.69 Å². The molecular weight excluding hydrogens is 369 g/mol. The van der Waals surface area contributed by atoms with Gasteiger partial charge in [0.2, 0.25) is 5.91 Å². The Bertz CT molecular complexity index is 774. The SMILES string of the molecule is COc1ccccc1NCC(=O)N1CCN(Cc2c(F)cccc2Cl)CC1. The van der Waals surface area contributed by atoms with Crippen molar-refractivity contribution >= 4 is 23.2 Å². The monoisotopic (exact) mass is 391 g/mol. The summed E-state index contributed by atoms with van der Waals surface area (Å²) >= 11 is 6.10. The normalized spacial score (nSPS) is 14.9. The van der Waals surface area contributed by atoms with E-state index >= 15 is 0 Å². The molecule has 1 fully saturated rings. The molecule has 3 rings (SSSR count). The summed E-state index contributed by atoms with van der Waals surface area (Å²) in [5, 5.41) is 3.57. The average Bonchev–Trinajstić information content (AvgIpc) is 2.69. The number of halogens is 2. The minimum atomic E-state index is -0.290. The van der Waals surface area contributed by atoms with Crippen LogP contribution in [-0.4, -0.2) is 55.5 Å². The van der Waals surface area contributed by atoms with E-state index in [9.17, 15) is 9.18 Å². The molecule has 144 valence electrons. The van der Waals surface area contributed by atoms with Crippen molar-refractivity contribution in [3.8, 4) is 5.75 Å². The Kier molecular flexibility index (Phi) is 6.53. The van der Waals surface area contributed by atoms with Gasteiger partial charge in [-0.1, -0.05) is 29.8 Å². The summed E-state index contributed by atoms with van der Waals surface area (Å²) in [5.41, 5.74) is 1.30. The highest BCUT2D eigenvalue weighted by Gasteiger charge is 2.22. The first-order valence-corrected chi connectivity index (χ1v) is 9.26. The minimum Gasteiger partial charge on any atom is -0.495 e. The summed E-state index contributed by atoms with van der Waals surface area (Å²) in [5.74, 6) is 0.448. The lowest BCUT2D eigenvalue weighted by Gasteiger charge is -2.35. The molecule has 0 unspecified atom stereocenters. The smallest absolute Gasteiger partial charge is 0.241 e. The molecule has 2 aromatic carbocycles. The van der Waals surface area contributed by atoms with Crippen molar-refractivity contribution in [1.82, 2.24) is 9.80 Å². The number of hydrogen-bond acceptors (Lipinski definition) is 4. The van der Waals surface area contributed by atoms with Crippen LogP contribution in [0.2, 0.25) is 5.02 Å². The van der Waals surface area contributed by atoms with Crippen LogP contribution in [-0.2, 0) is 11.3 Å². The Morgan fingerprint density at radius 2 is 1.89 bits per heavy atom. The van der Waals surface area contributed by atoms with Gasteiger partial charge in [-0.05, 0) is 24.3 Å². The van der Waals surface area contributed by atoms with Gasteiger partial charge in [-0.2, -0.15) is 0 Å². The molecule has 0 spiro atoms. The maximum Gasteiger partial charge on any atom is 0.241 e. The lowest BCUT2D eigenvalue weighted by molar-refractivity contribution is -0.131. The third kappa shape index (κ3) is 4.90. The number of nitrogens with one attached hydrogen (secondary N) is 1. The number of amides is 1. The molecule has 1 aliphatic heterocycles. The first-order chi connectivity index (χ1) is 13.1. The Hall–Kier alpha value is -2.31. The Labute approximate surface area is 163 Å². The van der Waals surface area contributed by atoms with Gasteiger partial charge >= 0.3 is 0 Å². The van der Waals surface area contributed by atoms with Crippen LogP contribution in [0, 0.1) is 5.82 Å². The zero-order valence-corrected chi connectivity index (χ0v) is 16.0. The fourth-order valence-corrected chi connectivity index (χ4v) is 3.36. The second-order valence-corrected chi connectivity index (χ2v) is 6.82. The van der Waals surface area contributed by atoms with Crippen LogP contribution in [0.1, 0.15) is 5.56 Å². The van der Waals surface area contributed by atoms with E-state index in [1.807, 2.05) is 29.2 Å².